The number of nitrogens with zero attached hydrogens (tertiary/aromatic N) is 1. The van der Waals surface area contributed by atoms with Gasteiger partial charge in [-0.05, 0) is 38.4 Å². The molecule has 1 atom stereocenters. The Morgan fingerprint density at radius 1 is 1.47 bits per heavy atom. The van der Waals surface area contributed by atoms with Crippen LogP contribution in [-0.2, 0) is 0 Å². The lowest BCUT2D eigenvalue weighted by molar-refractivity contribution is 0.340. The van der Waals surface area contributed by atoms with Gasteiger partial charge in [0.15, 0.2) is 0 Å². The minimum Gasteiger partial charge on any atom is -0.494 e. The lowest BCUT2D eigenvalue weighted by Gasteiger charge is -2.06. The van der Waals surface area contributed by atoms with Crippen molar-refractivity contribution in [2.45, 2.75) is 25.8 Å². The molecule has 0 radical (unpaired) electrons. The van der Waals surface area contributed by atoms with Gasteiger partial charge in [-0.15, -0.1) is 11.3 Å². The quantitative estimate of drug-likeness (QED) is 0.924. The van der Waals surface area contributed by atoms with Gasteiger partial charge in [-0.25, -0.2) is 4.98 Å². The van der Waals surface area contributed by atoms with Crippen LogP contribution in [0.1, 0.15) is 31.5 Å². The Hall–Kier alpha value is -1.39. The van der Waals surface area contributed by atoms with Crippen LogP contribution < -0.4 is 10.1 Å². The van der Waals surface area contributed by atoms with Gasteiger partial charge < -0.3 is 10.1 Å². The van der Waals surface area contributed by atoms with Crippen LogP contribution in [0, 0.1) is 0 Å². The summed E-state index contributed by atoms with van der Waals surface area (Å²) in [5.41, 5.74) is 2.32. The number of thiazole rings is 1. The molecular formula is C15H18N2OS. The highest BCUT2D eigenvalue weighted by atomic mass is 32.1. The molecule has 1 aliphatic heterocycles. The normalized spacial score (nSPS) is 18.7. The molecule has 0 spiro atoms. The molecule has 1 aromatic heterocycles. The first-order valence-electron chi connectivity index (χ1n) is 6.79. The summed E-state index contributed by atoms with van der Waals surface area (Å²) in [4.78, 5) is 4.76. The van der Waals surface area contributed by atoms with E-state index in [2.05, 4.69) is 22.8 Å². The molecule has 1 N–H and O–H groups in total. The standard InChI is InChI=1S/C15H18N2OS/c1-2-18-12-6-3-5-11(9-12)15-17-14(10-19-15)13-7-4-8-16-13/h3,5-6,9-10,13,16H,2,4,7-8H2,1H3. The van der Waals surface area contributed by atoms with Crippen LogP contribution >= 0.6 is 11.3 Å². The zero-order valence-electron chi connectivity index (χ0n) is 11.1. The van der Waals surface area contributed by atoms with Crippen LogP contribution in [0.4, 0.5) is 0 Å². The molecule has 4 heteroatoms. The SMILES string of the molecule is CCOc1cccc(-c2nc(C3CCCN3)cs2)c1. The van der Waals surface area contributed by atoms with E-state index in [1.807, 2.05) is 19.1 Å². The van der Waals surface area contributed by atoms with Crippen molar-refractivity contribution < 1.29 is 4.74 Å². The maximum Gasteiger partial charge on any atom is 0.123 e. The summed E-state index contributed by atoms with van der Waals surface area (Å²) in [5.74, 6) is 0.913. The molecule has 100 valence electrons. The fraction of sp³-hybridized carbons (Fsp3) is 0.400. The number of ether oxygens (including phenoxy) is 1. The first-order valence-corrected chi connectivity index (χ1v) is 7.67. The summed E-state index contributed by atoms with van der Waals surface area (Å²) in [6.45, 7) is 3.80. The fourth-order valence-electron chi connectivity index (χ4n) is 2.40. The Labute approximate surface area is 117 Å². The minimum atomic E-state index is 0.445. The van der Waals surface area contributed by atoms with E-state index >= 15 is 0 Å². The van der Waals surface area contributed by atoms with Gasteiger partial charge in [0.2, 0.25) is 0 Å². The molecule has 1 aromatic carbocycles. The van der Waals surface area contributed by atoms with E-state index in [1.54, 1.807) is 11.3 Å². The van der Waals surface area contributed by atoms with Crippen molar-refractivity contribution in [3.05, 3.63) is 35.3 Å². The summed E-state index contributed by atoms with van der Waals surface area (Å²) in [5, 5.41) is 6.74. The molecule has 2 heterocycles. The average molecular weight is 274 g/mol. The fourth-order valence-corrected chi connectivity index (χ4v) is 3.27. The van der Waals surface area contributed by atoms with E-state index in [9.17, 15) is 0 Å². The van der Waals surface area contributed by atoms with E-state index in [1.165, 1.54) is 18.5 Å². The minimum absolute atomic E-state index is 0.445. The number of aromatic nitrogens is 1. The second-order valence-corrected chi connectivity index (χ2v) is 5.55. The third kappa shape index (κ3) is 2.80. The van der Waals surface area contributed by atoms with Gasteiger partial charge in [0.05, 0.1) is 18.3 Å². The van der Waals surface area contributed by atoms with Crippen LogP contribution in [0.3, 0.4) is 0 Å². The number of rotatable bonds is 4. The van der Waals surface area contributed by atoms with Crippen LogP contribution in [0.2, 0.25) is 0 Å². The highest BCUT2D eigenvalue weighted by Crippen LogP contribution is 2.31. The number of benzene rings is 1. The highest BCUT2D eigenvalue weighted by molar-refractivity contribution is 7.13. The smallest absolute Gasteiger partial charge is 0.123 e. The predicted molar refractivity (Wildman–Crippen MR) is 78.7 cm³/mol. The molecule has 1 unspecified atom stereocenters. The summed E-state index contributed by atoms with van der Waals surface area (Å²) < 4.78 is 5.54. The Morgan fingerprint density at radius 2 is 2.42 bits per heavy atom. The molecule has 3 nitrogen and oxygen atoms in total. The van der Waals surface area contributed by atoms with Crippen molar-refractivity contribution in [1.82, 2.24) is 10.3 Å². The van der Waals surface area contributed by atoms with Gasteiger partial charge in [-0.1, -0.05) is 12.1 Å². The van der Waals surface area contributed by atoms with Crippen molar-refractivity contribution in [2.75, 3.05) is 13.2 Å². The molecule has 3 rings (SSSR count). The van der Waals surface area contributed by atoms with Gasteiger partial charge in [0.25, 0.3) is 0 Å². The molecule has 1 fully saturated rings. The topological polar surface area (TPSA) is 34.1 Å². The van der Waals surface area contributed by atoms with Gasteiger partial charge in [-0.2, -0.15) is 0 Å². The Balaban J connectivity index is 1.83. The Morgan fingerprint density at radius 3 is 3.21 bits per heavy atom. The molecular weight excluding hydrogens is 256 g/mol. The van der Waals surface area contributed by atoms with Crippen molar-refractivity contribution in [2.24, 2.45) is 0 Å². The van der Waals surface area contributed by atoms with E-state index in [0.29, 0.717) is 12.6 Å². The van der Waals surface area contributed by atoms with E-state index < -0.39 is 0 Å². The molecule has 0 saturated carbocycles. The van der Waals surface area contributed by atoms with Crippen LogP contribution in [0.15, 0.2) is 29.6 Å². The van der Waals surface area contributed by atoms with Crippen molar-refractivity contribution >= 4 is 11.3 Å². The maximum atomic E-state index is 5.54. The monoisotopic (exact) mass is 274 g/mol. The first-order chi connectivity index (χ1) is 9.36. The van der Waals surface area contributed by atoms with Gasteiger partial charge >= 0.3 is 0 Å². The number of hydrogen-bond acceptors (Lipinski definition) is 4. The van der Waals surface area contributed by atoms with Crippen molar-refractivity contribution in [3.63, 3.8) is 0 Å². The third-order valence-electron chi connectivity index (χ3n) is 3.33. The second kappa shape index (κ2) is 5.72. The van der Waals surface area contributed by atoms with E-state index in [4.69, 9.17) is 9.72 Å². The van der Waals surface area contributed by atoms with Crippen molar-refractivity contribution in [3.8, 4) is 16.3 Å². The maximum absolute atomic E-state index is 5.54. The van der Waals surface area contributed by atoms with Crippen LogP contribution in [0.5, 0.6) is 5.75 Å². The lowest BCUT2D eigenvalue weighted by Crippen LogP contribution is -2.12. The largest absolute Gasteiger partial charge is 0.494 e. The van der Waals surface area contributed by atoms with E-state index in [0.717, 1.165) is 22.9 Å². The Kier molecular flexibility index (Phi) is 3.80. The van der Waals surface area contributed by atoms with Gasteiger partial charge in [-0.3, -0.25) is 0 Å². The van der Waals surface area contributed by atoms with Crippen LogP contribution in [0.25, 0.3) is 10.6 Å². The number of hydrogen-bond donors (Lipinski definition) is 1. The number of nitrogens with one attached hydrogen (secondary N) is 1. The second-order valence-electron chi connectivity index (χ2n) is 4.69. The third-order valence-corrected chi connectivity index (χ3v) is 4.24. The summed E-state index contributed by atoms with van der Waals surface area (Å²) in [6.07, 6.45) is 2.44. The summed E-state index contributed by atoms with van der Waals surface area (Å²) in [7, 11) is 0. The molecule has 1 saturated heterocycles. The summed E-state index contributed by atoms with van der Waals surface area (Å²) in [6, 6.07) is 8.61. The van der Waals surface area contributed by atoms with Gasteiger partial charge in [0.1, 0.15) is 10.8 Å². The molecule has 2 aromatic rings. The molecule has 0 bridgehead atoms. The molecule has 1 aliphatic rings. The van der Waals surface area contributed by atoms with Gasteiger partial charge in [0, 0.05) is 10.9 Å². The van der Waals surface area contributed by atoms with Crippen LogP contribution in [-0.4, -0.2) is 18.1 Å². The summed E-state index contributed by atoms with van der Waals surface area (Å²) >= 11 is 1.71. The first kappa shape index (κ1) is 12.6. The Bertz CT molecular complexity index is 547. The molecule has 0 aliphatic carbocycles. The molecule has 0 amide bonds. The molecule has 19 heavy (non-hydrogen) atoms. The zero-order valence-corrected chi connectivity index (χ0v) is 11.9. The lowest BCUT2D eigenvalue weighted by atomic mass is 10.2. The highest BCUT2D eigenvalue weighted by Gasteiger charge is 2.19. The average Bonchev–Trinajstić information content (AvgIpc) is 3.11. The van der Waals surface area contributed by atoms with E-state index in [-0.39, 0.29) is 0 Å². The predicted octanol–water partition coefficient (Wildman–Crippen LogP) is 3.63. The zero-order chi connectivity index (χ0) is 13.1. The van der Waals surface area contributed by atoms with Crippen molar-refractivity contribution in [1.29, 1.82) is 0 Å².